The molecule has 1 aliphatic heterocycles. The van der Waals surface area contributed by atoms with Crippen LogP contribution in [-0.4, -0.2) is 17.4 Å². The molecule has 128 valence electrons. The molecule has 0 radical (unpaired) electrons. The molecule has 0 saturated carbocycles. The van der Waals surface area contributed by atoms with Crippen LogP contribution in [0.4, 0.5) is 0 Å². The highest BCUT2D eigenvalue weighted by Gasteiger charge is 2.51. The van der Waals surface area contributed by atoms with Crippen molar-refractivity contribution in [2.75, 3.05) is 0 Å². The van der Waals surface area contributed by atoms with Crippen LogP contribution in [0.5, 0.6) is 0 Å². The number of carbonyl (C=O) groups excluding carboxylic acids is 1. The third kappa shape index (κ3) is 2.82. The molecule has 0 amide bonds. The lowest BCUT2D eigenvalue weighted by Crippen LogP contribution is -2.38. The second-order valence-corrected chi connectivity index (χ2v) is 6.30. The number of carbonyl (C=O) groups is 1. The molecule has 3 nitrogen and oxygen atoms in total. The van der Waals surface area contributed by atoms with Crippen LogP contribution in [0, 0.1) is 0 Å². The number of hydrogen-bond acceptors (Lipinski definition) is 3. The maximum atomic E-state index is 13.2. The summed E-state index contributed by atoms with van der Waals surface area (Å²) in [4.78, 5) is 18.1. The molecule has 3 aliphatic rings. The largest absolute Gasteiger partial charge is 0.405 e. The van der Waals surface area contributed by atoms with Crippen LogP contribution in [0.1, 0.15) is 18.4 Å². The zero-order valence-corrected chi connectivity index (χ0v) is 14.3. The van der Waals surface area contributed by atoms with Crippen molar-refractivity contribution < 1.29 is 9.53 Å². The van der Waals surface area contributed by atoms with Gasteiger partial charge in [0.2, 0.25) is 11.4 Å². The Balaban J connectivity index is 1.88. The Bertz CT molecular complexity index is 884. The highest BCUT2D eigenvalue weighted by atomic mass is 16.6. The SMILES string of the molecule is O=C1OC(c2ccccc2)=NC1(C1=CC=CC=CC1)C1=CC=CC=CC1. The quantitative estimate of drug-likeness (QED) is 0.753. The number of cyclic esters (lactones) is 1. The van der Waals surface area contributed by atoms with Crippen LogP contribution in [0.25, 0.3) is 0 Å². The van der Waals surface area contributed by atoms with Crippen LogP contribution < -0.4 is 0 Å². The molecule has 0 bridgehead atoms. The van der Waals surface area contributed by atoms with Gasteiger partial charge in [-0.1, -0.05) is 79.0 Å². The number of esters is 1. The first kappa shape index (κ1) is 16.3. The van der Waals surface area contributed by atoms with Crippen LogP contribution >= 0.6 is 0 Å². The zero-order valence-electron chi connectivity index (χ0n) is 14.3. The fourth-order valence-corrected chi connectivity index (χ4v) is 3.39. The fraction of sp³-hybridized carbons (Fsp3) is 0.130. The van der Waals surface area contributed by atoms with Crippen molar-refractivity contribution in [3.63, 3.8) is 0 Å². The Labute approximate surface area is 153 Å². The van der Waals surface area contributed by atoms with Crippen molar-refractivity contribution >= 4 is 11.9 Å². The fourth-order valence-electron chi connectivity index (χ4n) is 3.39. The van der Waals surface area contributed by atoms with E-state index in [0.29, 0.717) is 18.7 Å². The number of hydrogen-bond donors (Lipinski definition) is 0. The van der Waals surface area contributed by atoms with Gasteiger partial charge in [-0.2, -0.15) is 0 Å². The minimum atomic E-state index is -1.11. The van der Waals surface area contributed by atoms with Crippen LogP contribution in [-0.2, 0) is 9.53 Å². The lowest BCUT2D eigenvalue weighted by Gasteiger charge is -2.27. The maximum Gasteiger partial charge on any atom is 0.349 e. The lowest BCUT2D eigenvalue weighted by molar-refractivity contribution is -0.136. The second kappa shape index (κ2) is 6.96. The summed E-state index contributed by atoms with van der Waals surface area (Å²) in [6, 6.07) is 9.58. The Hall–Kier alpha value is -3.20. The van der Waals surface area contributed by atoms with Crippen LogP contribution in [0.2, 0.25) is 0 Å². The summed E-state index contributed by atoms with van der Waals surface area (Å²) in [5.74, 6) is 0.0491. The molecule has 0 saturated heterocycles. The molecule has 26 heavy (non-hydrogen) atoms. The van der Waals surface area contributed by atoms with Gasteiger partial charge in [0.15, 0.2) is 0 Å². The molecule has 0 spiro atoms. The van der Waals surface area contributed by atoms with E-state index in [1.54, 1.807) is 0 Å². The van der Waals surface area contributed by atoms with Crippen molar-refractivity contribution in [3.05, 3.63) is 108 Å². The molecular weight excluding hydrogens is 322 g/mol. The monoisotopic (exact) mass is 341 g/mol. The van der Waals surface area contributed by atoms with Gasteiger partial charge in [0.1, 0.15) is 0 Å². The van der Waals surface area contributed by atoms with E-state index in [9.17, 15) is 4.79 Å². The third-order valence-electron chi connectivity index (χ3n) is 4.69. The zero-order chi connectivity index (χ0) is 17.8. The van der Waals surface area contributed by atoms with Gasteiger partial charge in [0, 0.05) is 5.56 Å². The Morgan fingerprint density at radius 1 is 0.808 bits per heavy atom. The van der Waals surface area contributed by atoms with Gasteiger partial charge in [-0.25, -0.2) is 9.79 Å². The molecule has 2 aliphatic carbocycles. The standard InChI is InChI=1S/C23H19NO2/c25-22-23(19-14-8-1-2-9-15-19,20-16-10-3-4-11-17-20)24-21(26-22)18-12-6-5-7-13-18/h1-14,16H,15,17H2. The first-order chi connectivity index (χ1) is 12.8. The van der Waals surface area contributed by atoms with E-state index in [4.69, 9.17) is 9.73 Å². The second-order valence-electron chi connectivity index (χ2n) is 6.30. The smallest absolute Gasteiger partial charge is 0.349 e. The van der Waals surface area contributed by atoms with Gasteiger partial charge in [-0.05, 0) is 36.1 Å². The van der Waals surface area contributed by atoms with Crippen LogP contribution in [0.3, 0.4) is 0 Å². The van der Waals surface area contributed by atoms with Gasteiger partial charge >= 0.3 is 5.97 Å². The van der Waals surface area contributed by atoms with Crippen molar-refractivity contribution in [1.29, 1.82) is 0 Å². The van der Waals surface area contributed by atoms with Crippen LogP contribution in [0.15, 0.2) is 107 Å². The van der Waals surface area contributed by atoms with Crippen molar-refractivity contribution in [1.82, 2.24) is 0 Å². The molecule has 1 aromatic carbocycles. The minimum Gasteiger partial charge on any atom is -0.405 e. The number of benzene rings is 1. The van der Waals surface area contributed by atoms with E-state index < -0.39 is 5.54 Å². The average Bonchev–Trinajstić information content (AvgIpc) is 2.94. The van der Waals surface area contributed by atoms with E-state index in [2.05, 4.69) is 0 Å². The summed E-state index contributed by atoms with van der Waals surface area (Å²) >= 11 is 0. The number of rotatable bonds is 3. The summed E-state index contributed by atoms with van der Waals surface area (Å²) in [5, 5.41) is 0. The number of nitrogens with zero attached hydrogens (tertiary/aromatic N) is 1. The van der Waals surface area contributed by atoms with E-state index >= 15 is 0 Å². The highest BCUT2D eigenvalue weighted by Crippen LogP contribution is 2.41. The molecule has 0 N–H and O–H groups in total. The Morgan fingerprint density at radius 3 is 2.04 bits per heavy atom. The van der Waals surface area contributed by atoms with E-state index in [1.807, 2.05) is 91.1 Å². The summed E-state index contributed by atoms with van der Waals surface area (Å²) in [6.07, 6.45) is 21.2. The first-order valence-corrected chi connectivity index (χ1v) is 8.74. The summed E-state index contributed by atoms with van der Waals surface area (Å²) in [5.41, 5.74) is 1.55. The molecule has 1 aromatic rings. The first-order valence-electron chi connectivity index (χ1n) is 8.74. The number of aliphatic imine (C=N–C) groups is 1. The topological polar surface area (TPSA) is 38.7 Å². The number of allylic oxidation sites excluding steroid dienone is 10. The van der Waals surface area contributed by atoms with E-state index in [1.165, 1.54) is 0 Å². The number of ether oxygens (including phenoxy) is 1. The van der Waals surface area contributed by atoms with E-state index in [0.717, 1.165) is 16.7 Å². The Morgan fingerprint density at radius 2 is 1.42 bits per heavy atom. The van der Waals surface area contributed by atoms with Gasteiger partial charge in [-0.15, -0.1) is 0 Å². The van der Waals surface area contributed by atoms with Crippen molar-refractivity contribution in [2.45, 2.75) is 18.4 Å². The molecule has 0 atom stereocenters. The molecule has 1 heterocycles. The van der Waals surface area contributed by atoms with E-state index in [-0.39, 0.29) is 5.97 Å². The Kier molecular flexibility index (Phi) is 4.36. The average molecular weight is 341 g/mol. The molecular formula is C23H19NO2. The molecule has 0 unspecified atom stereocenters. The van der Waals surface area contributed by atoms with Gasteiger partial charge < -0.3 is 4.74 Å². The molecule has 0 aromatic heterocycles. The third-order valence-corrected chi connectivity index (χ3v) is 4.69. The van der Waals surface area contributed by atoms with Gasteiger partial charge in [0.25, 0.3) is 0 Å². The summed E-state index contributed by atoms with van der Waals surface area (Å²) < 4.78 is 5.68. The van der Waals surface area contributed by atoms with Gasteiger partial charge in [-0.3, -0.25) is 0 Å². The van der Waals surface area contributed by atoms with Crippen molar-refractivity contribution in [3.8, 4) is 0 Å². The molecule has 3 heteroatoms. The molecule has 0 fully saturated rings. The highest BCUT2D eigenvalue weighted by molar-refractivity contribution is 6.11. The van der Waals surface area contributed by atoms with Gasteiger partial charge in [0.05, 0.1) is 0 Å². The predicted octanol–water partition coefficient (Wildman–Crippen LogP) is 4.61. The normalized spacial score (nSPS) is 20.8. The van der Waals surface area contributed by atoms with Crippen molar-refractivity contribution in [2.24, 2.45) is 4.99 Å². The minimum absolute atomic E-state index is 0.332. The lowest BCUT2D eigenvalue weighted by atomic mass is 9.79. The molecule has 4 rings (SSSR count). The predicted molar refractivity (Wildman–Crippen MR) is 104 cm³/mol. The maximum absolute atomic E-state index is 13.2. The summed E-state index contributed by atoms with van der Waals surface area (Å²) in [6.45, 7) is 0. The summed E-state index contributed by atoms with van der Waals surface area (Å²) in [7, 11) is 0.